The molecule has 0 aromatic heterocycles. The molecule has 1 amide bonds. The number of alkyl halides is 3. The summed E-state index contributed by atoms with van der Waals surface area (Å²) in [6.07, 6.45) is -3.27. The average Bonchev–Trinajstić information content (AvgIpc) is 2.57. The van der Waals surface area contributed by atoms with Crippen LogP contribution in [0.5, 0.6) is 11.5 Å². The molecule has 0 fully saturated rings. The lowest BCUT2D eigenvalue weighted by atomic mass is 10.1. The highest BCUT2D eigenvalue weighted by Crippen LogP contribution is 2.34. The third-order valence-electron chi connectivity index (χ3n) is 3.10. The fraction of sp³-hybridized carbons (Fsp3) is 0.125. The monoisotopic (exact) mass is 416 g/mol. The Hall–Kier alpha value is -2.55. The highest BCUT2D eigenvalue weighted by molar-refractivity contribution is 9.10. The van der Waals surface area contributed by atoms with E-state index in [9.17, 15) is 23.1 Å². The van der Waals surface area contributed by atoms with Crippen LogP contribution >= 0.6 is 15.9 Å². The molecule has 0 bridgehead atoms. The van der Waals surface area contributed by atoms with Crippen LogP contribution in [0.4, 0.5) is 13.2 Å². The highest BCUT2D eigenvalue weighted by Gasteiger charge is 2.30. The van der Waals surface area contributed by atoms with E-state index in [1.807, 2.05) is 0 Å². The molecule has 0 aliphatic rings. The van der Waals surface area contributed by atoms with E-state index in [2.05, 4.69) is 26.5 Å². The molecule has 0 atom stereocenters. The SMILES string of the molecule is COc1cc(/C=N\NC(=O)c2cccc(C(F)(F)F)c2)cc(Br)c1O. The van der Waals surface area contributed by atoms with Gasteiger partial charge in [-0.15, -0.1) is 0 Å². The number of nitrogens with one attached hydrogen (secondary N) is 1. The molecule has 0 spiro atoms. The smallest absolute Gasteiger partial charge is 0.416 e. The number of rotatable bonds is 4. The van der Waals surface area contributed by atoms with Crippen LogP contribution in [0.2, 0.25) is 0 Å². The van der Waals surface area contributed by atoms with Crippen LogP contribution in [0.3, 0.4) is 0 Å². The van der Waals surface area contributed by atoms with Crippen molar-refractivity contribution < 1.29 is 27.8 Å². The number of carbonyl (C=O) groups is 1. The number of amides is 1. The number of nitrogens with zero attached hydrogens (tertiary/aromatic N) is 1. The van der Waals surface area contributed by atoms with Gasteiger partial charge in [0.1, 0.15) is 0 Å². The molecule has 0 saturated heterocycles. The zero-order valence-corrected chi connectivity index (χ0v) is 14.4. The van der Waals surface area contributed by atoms with Crippen LogP contribution in [0, 0.1) is 0 Å². The quantitative estimate of drug-likeness (QED) is 0.585. The number of carbonyl (C=O) groups excluding carboxylic acids is 1. The number of hydrogen-bond acceptors (Lipinski definition) is 4. The Balaban J connectivity index is 2.12. The van der Waals surface area contributed by atoms with Gasteiger partial charge in [-0.3, -0.25) is 4.79 Å². The zero-order valence-electron chi connectivity index (χ0n) is 12.8. The van der Waals surface area contributed by atoms with Gasteiger partial charge in [0.05, 0.1) is 23.4 Å². The van der Waals surface area contributed by atoms with E-state index in [1.165, 1.54) is 31.5 Å². The zero-order chi connectivity index (χ0) is 18.6. The Kier molecular flexibility index (Phi) is 5.68. The van der Waals surface area contributed by atoms with Crippen molar-refractivity contribution >= 4 is 28.1 Å². The van der Waals surface area contributed by atoms with Crippen molar-refractivity contribution in [3.05, 3.63) is 57.6 Å². The number of phenolic OH excluding ortho intramolecular Hbond substituents is 1. The van der Waals surface area contributed by atoms with Crippen molar-refractivity contribution in [2.45, 2.75) is 6.18 Å². The minimum absolute atomic E-state index is 0.0901. The van der Waals surface area contributed by atoms with Gasteiger partial charge in [0, 0.05) is 5.56 Å². The molecule has 132 valence electrons. The standard InChI is InChI=1S/C16H12BrF3N2O3/c1-25-13-6-9(5-12(17)14(13)23)8-21-22-15(24)10-3-2-4-11(7-10)16(18,19)20/h2-8,23H,1H3,(H,22,24)/b21-8-. The van der Waals surface area contributed by atoms with Gasteiger partial charge in [-0.2, -0.15) is 18.3 Å². The maximum Gasteiger partial charge on any atom is 0.416 e. The van der Waals surface area contributed by atoms with Gasteiger partial charge in [-0.1, -0.05) is 6.07 Å². The third-order valence-corrected chi connectivity index (χ3v) is 3.71. The summed E-state index contributed by atoms with van der Waals surface area (Å²) in [5.41, 5.74) is 1.54. The number of hydrazone groups is 1. The van der Waals surface area contributed by atoms with E-state index in [-0.39, 0.29) is 17.1 Å². The molecule has 0 heterocycles. The second-order valence-electron chi connectivity index (χ2n) is 4.83. The van der Waals surface area contributed by atoms with Crippen LogP contribution in [0.1, 0.15) is 21.5 Å². The van der Waals surface area contributed by atoms with Gasteiger partial charge >= 0.3 is 6.18 Å². The molecule has 5 nitrogen and oxygen atoms in total. The van der Waals surface area contributed by atoms with E-state index in [1.54, 1.807) is 0 Å². The molecule has 2 aromatic carbocycles. The summed E-state index contributed by atoms with van der Waals surface area (Å²) in [7, 11) is 1.37. The number of phenols is 1. The van der Waals surface area contributed by atoms with Crippen LogP contribution < -0.4 is 10.2 Å². The summed E-state index contributed by atoms with van der Waals surface area (Å²) >= 11 is 3.14. The third kappa shape index (κ3) is 4.72. The molecular weight excluding hydrogens is 405 g/mol. The van der Waals surface area contributed by atoms with Gasteiger partial charge in [-0.05, 0) is 51.8 Å². The van der Waals surface area contributed by atoms with Gasteiger partial charge in [-0.25, -0.2) is 5.43 Å². The van der Waals surface area contributed by atoms with Crippen LogP contribution in [-0.4, -0.2) is 24.3 Å². The van der Waals surface area contributed by atoms with Crippen molar-refractivity contribution in [1.82, 2.24) is 5.43 Å². The van der Waals surface area contributed by atoms with Gasteiger partial charge in [0.15, 0.2) is 11.5 Å². The molecule has 9 heteroatoms. The van der Waals surface area contributed by atoms with Crippen LogP contribution in [0.15, 0.2) is 46.0 Å². The predicted molar refractivity (Wildman–Crippen MR) is 88.9 cm³/mol. The maximum absolute atomic E-state index is 12.6. The number of methoxy groups -OCH3 is 1. The van der Waals surface area contributed by atoms with Gasteiger partial charge in [0.2, 0.25) is 0 Å². The fourth-order valence-corrected chi connectivity index (χ4v) is 2.35. The summed E-state index contributed by atoms with van der Waals surface area (Å²) in [4.78, 5) is 11.9. The summed E-state index contributed by atoms with van der Waals surface area (Å²) < 4.78 is 43.3. The molecule has 2 aromatic rings. The summed E-state index contributed by atoms with van der Waals surface area (Å²) in [6, 6.07) is 7.01. The lowest BCUT2D eigenvalue weighted by Gasteiger charge is -2.08. The Morgan fingerprint density at radius 2 is 2.04 bits per heavy atom. The Bertz CT molecular complexity index is 823. The molecule has 0 saturated carbocycles. The maximum atomic E-state index is 12.6. The van der Waals surface area contributed by atoms with Crippen molar-refractivity contribution in [3.63, 3.8) is 0 Å². The number of hydrogen-bond donors (Lipinski definition) is 2. The molecule has 2 rings (SSSR count). The first kappa shape index (κ1) is 18.8. The first-order valence-electron chi connectivity index (χ1n) is 6.79. The molecule has 0 radical (unpaired) electrons. The van der Waals surface area contributed by atoms with Crippen molar-refractivity contribution in [3.8, 4) is 11.5 Å². The molecule has 25 heavy (non-hydrogen) atoms. The molecular formula is C16H12BrF3N2O3. The summed E-state index contributed by atoms with van der Waals surface area (Å²) in [5.74, 6) is -0.681. The second kappa shape index (κ2) is 7.56. The molecule has 0 aliphatic heterocycles. The Morgan fingerprint density at radius 1 is 1.32 bits per heavy atom. The van der Waals surface area contributed by atoms with Gasteiger partial charge < -0.3 is 9.84 Å². The van der Waals surface area contributed by atoms with Crippen LogP contribution in [0.25, 0.3) is 0 Å². The van der Waals surface area contributed by atoms with E-state index in [0.717, 1.165) is 18.2 Å². The average molecular weight is 417 g/mol. The van der Waals surface area contributed by atoms with Crippen molar-refractivity contribution in [2.24, 2.45) is 5.10 Å². The fourth-order valence-electron chi connectivity index (χ4n) is 1.89. The molecule has 2 N–H and O–H groups in total. The largest absolute Gasteiger partial charge is 0.503 e. The first-order chi connectivity index (χ1) is 11.7. The van der Waals surface area contributed by atoms with Crippen LogP contribution in [-0.2, 0) is 6.18 Å². The predicted octanol–water partition coefficient (Wildman–Crippen LogP) is 3.95. The van der Waals surface area contributed by atoms with E-state index in [4.69, 9.17) is 4.74 Å². The van der Waals surface area contributed by atoms with E-state index >= 15 is 0 Å². The Morgan fingerprint density at radius 3 is 2.68 bits per heavy atom. The number of benzene rings is 2. The van der Waals surface area contributed by atoms with E-state index in [0.29, 0.717) is 10.0 Å². The lowest BCUT2D eigenvalue weighted by Crippen LogP contribution is -2.18. The minimum Gasteiger partial charge on any atom is -0.503 e. The second-order valence-corrected chi connectivity index (χ2v) is 5.69. The lowest BCUT2D eigenvalue weighted by molar-refractivity contribution is -0.137. The van der Waals surface area contributed by atoms with Gasteiger partial charge in [0.25, 0.3) is 5.91 Å². The molecule has 0 unspecified atom stereocenters. The minimum atomic E-state index is -4.53. The Labute approximate surface area is 149 Å². The van der Waals surface area contributed by atoms with Crippen molar-refractivity contribution in [1.29, 1.82) is 0 Å². The normalized spacial score (nSPS) is 11.6. The summed E-state index contributed by atoms with van der Waals surface area (Å²) in [5, 5.41) is 13.4. The number of ether oxygens (including phenoxy) is 1. The first-order valence-corrected chi connectivity index (χ1v) is 7.59. The molecule has 0 aliphatic carbocycles. The number of aromatic hydroxyl groups is 1. The topological polar surface area (TPSA) is 70.9 Å². The highest BCUT2D eigenvalue weighted by atomic mass is 79.9. The number of halogens is 4. The van der Waals surface area contributed by atoms with Crippen molar-refractivity contribution in [2.75, 3.05) is 7.11 Å². The summed E-state index contributed by atoms with van der Waals surface area (Å²) in [6.45, 7) is 0. The van der Waals surface area contributed by atoms with E-state index < -0.39 is 17.6 Å².